The van der Waals surface area contributed by atoms with Crippen molar-refractivity contribution in [1.29, 1.82) is 5.26 Å². The van der Waals surface area contributed by atoms with Crippen LogP contribution in [0.1, 0.15) is 65.2 Å². The van der Waals surface area contributed by atoms with Gasteiger partial charge in [-0.1, -0.05) is 50.2 Å². The first kappa shape index (κ1) is 48.8. The van der Waals surface area contributed by atoms with Gasteiger partial charge in [0.25, 0.3) is 0 Å². The number of ether oxygens (including phenoxy) is 3. The van der Waals surface area contributed by atoms with Gasteiger partial charge in [-0.25, -0.2) is 4.79 Å². The van der Waals surface area contributed by atoms with Crippen molar-refractivity contribution in [2.24, 2.45) is 0 Å². The molecule has 304 valence electrons. The lowest BCUT2D eigenvalue weighted by molar-refractivity contribution is -0.151. The van der Waals surface area contributed by atoms with Crippen LogP contribution in [0.15, 0.2) is 60.7 Å². The van der Waals surface area contributed by atoms with Crippen LogP contribution in [0.5, 0.6) is 0 Å². The van der Waals surface area contributed by atoms with Crippen LogP contribution in [0.25, 0.3) is 0 Å². The lowest BCUT2D eigenvalue weighted by Crippen LogP contribution is -2.62. The van der Waals surface area contributed by atoms with E-state index in [0.29, 0.717) is 96.3 Å². The molecule has 15 heteroatoms. The Labute approximate surface area is 337 Å². The molecule has 4 rings (SSSR count). The Bertz CT molecular complexity index is 1530. The number of amides is 2. The first-order valence-electron chi connectivity index (χ1n) is 18.3. The Morgan fingerprint density at radius 3 is 1.42 bits per heavy atom. The zero-order valence-electron chi connectivity index (χ0n) is 33.0. The molecule has 0 bridgehead atoms. The number of nitrogens with zero attached hydrogens (tertiary/aromatic N) is 5. The molecule has 0 aromatic heterocycles. The molecule has 2 amide bonds. The second-order valence-corrected chi connectivity index (χ2v) is 12.8. The minimum Gasteiger partial charge on any atom is -0.469 e. The summed E-state index contributed by atoms with van der Waals surface area (Å²) in [6.07, 6.45) is 4.77. The van der Waals surface area contributed by atoms with E-state index >= 15 is 0 Å². The average molecular weight is 807 g/mol. The van der Waals surface area contributed by atoms with Crippen LogP contribution < -0.4 is 9.80 Å². The topological polar surface area (TPSA) is 150 Å². The third-order valence-electron chi connectivity index (χ3n) is 9.85. The Kier molecular flexibility index (Phi) is 22.2. The van der Waals surface area contributed by atoms with E-state index in [0.717, 1.165) is 5.69 Å². The number of likely N-dealkylation sites (tertiary alicyclic amines) is 2. The molecule has 2 aliphatic rings. The number of hydrogen-bond acceptors (Lipinski definition) is 11. The van der Waals surface area contributed by atoms with Gasteiger partial charge in [0, 0.05) is 69.9 Å². The zero-order valence-corrected chi connectivity index (χ0v) is 34.5. The SMILES string of the molecule is CCC(=O)N(c1ccccc1)C1(C#N)CCN(CCC(=O)OC)CC1.CCC(=O)N(c1ccccc1)C1(C(=O)OC)CCN(CCC(=O)OC)CC1.CCl.Cl. The number of rotatable bonds is 13. The molecule has 0 N–H and O–H groups in total. The quantitative estimate of drug-likeness (QED) is 0.141. The standard InChI is InChI=1S/C20H28N2O5.C19H25N3O3.CH3Cl.ClH/c1-4-17(23)22(16-8-6-5-7-9-16)20(19(25)27-3)11-14-21(15-12-20)13-10-18(24)26-2;1-3-17(23)22(16-7-5-4-6-8-16)19(15-20)10-13-21(14-11-19)12-9-18(24)25-2;1-2;/h5-9H,4,10-15H2,1-3H3;4-8H,3,9-14H2,1-2H3;1H3;1H. The van der Waals surface area contributed by atoms with E-state index in [2.05, 4.69) is 36.9 Å². The second kappa shape index (κ2) is 25.0. The van der Waals surface area contributed by atoms with Crippen molar-refractivity contribution in [3.63, 3.8) is 0 Å². The van der Waals surface area contributed by atoms with Crippen molar-refractivity contribution in [3.8, 4) is 6.07 Å². The maximum absolute atomic E-state index is 12.8. The molecule has 2 fully saturated rings. The fourth-order valence-electron chi connectivity index (χ4n) is 6.82. The van der Waals surface area contributed by atoms with Gasteiger partial charge in [0.15, 0.2) is 0 Å². The molecule has 2 saturated heterocycles. The second-order valence-electron chi connectivity index (χ2n) is 12.8. The van der Waals surface area contributed by atoms with E-state index in [1.807, 2.05) is 67.6 Å². The van der Waals surface area contributed by atoms with E-state index in [4.69, 9.17) is 4.74 Å². The minimum absolute atomic E-state index is 0. The molecule has 0 spiro atoms. The molecule has 0 unspecified atom stereocenters. The summed E-state index contributed by atoms with van der Waals surface area (Å²) in [5.41, 5.74) is -0.419. The Balaban J connectivity index is 0.000000519. The van der Waals surface area contributed by atoms with Gasteiger partial charge >= 0.3 is 17.9 Å². The fraction of sp³-hybridized carbons (Fsp3) is 0.550. The van der Waals surface area contributed by atoms with Gasteiger partial charge in [-0.2, -0.15) is 5.26 Å². The number of para-hydroxylation sites is 2. The normalized spacial score (nSPS) is 15.7. The Morgan fingerprint density at radius 2 is 1.05 bits per heavy atom. The predicted molar refractivity (Wildman–Crippen MR) is 215 cm³/mol. The zero-order chi connectivity index (χ0) is 40.1. The monoisotopic (exact) mass is 805 g/mol. The molecule has 2 aliphatic heterocycles. The molecule has 2 aromatic rings. The first-order valence-corrected chi connectivity index (χ1v) is 19.0. The number of carbonyl (C=O) groups is 5. The number of benzene rings is 2. The summed E-state index contributed by atoms with van der Waals surface area (Å²) in [5, 5.41) is 9.92. The molecule has 0 aliphatic carbocycles. The molecule has 0 saturated carbocycles. The number of nitriles is 1. The van der Waals surface area contributed by atoms with Crippen LogP contribution >= 0.6 is 24.0 Å². The smallest absolute Gasteiger partial charge is 0.332 e. The van der Waals surface area contributed by atoms with Gasteiger partial charge in [0.1, 0.15) is 11.1 Å². The van der Waals surface area contributed by atoms with Crippen LogP contribution in [-0.4, -0.2) is 118 Å². The summed E-state index contributed by atoms with van der Waals surface area (Å²) in [6.45, 7) is 7.30. The van der Waals surface area contributed by atoms with Crippen molar-refractivity contribution >= 4 is 65.1 Å². The highest BCUT2D eigenvalue weighted by atomic mass is 35.5. The fourth-order valence-corrected chi connectivity index (χ4v) is 6.82. The number of anilines is 2. The molecule has 55 heavy (non-hydrogen) atoms. The van der Waals surface area contributed by atoms with Gasteiger partial charge < -0.3 is 24.0 Å². The highest BCUT2D eigenvalue weighted by molar-refractivity contribution is 6.15. The van der Waals surface area contributed by atoms with Crippen LogP contribution in [0.2, 0.25) is 0 Å². The largest absolute Gasteiger partial charge is 0.469 e. The average Bonchev–Trinajstić information content (AvgIpc) is 3.24. The predicted octanol–water partition coefficient (Wildman–Crippen LogP) is 5.63. The van der Waals surface area contributed by atoms with E-state index in [9.17, 15) is 29.2 Å². The molecule has 0 atom stereocenters. The Hall–Kier alpha value is -4.22. The summed E-state index contributed by atoms with van der Waals surface area (Å²) in [4.78, 5) is 68.5. The number of alkyl halides is 1. The van der Waals surface area contributed by atoms with E-state index in [1.54, 1.807) is 16.7 Å². The number of piperidine rings is 2. The van der Waals surface area contributed by atoms with Gasteiger partial charge in [0.05, 0.1) is 40.2 Å². The lowest BCUT2D eigenvalue weighted by atomic mass is 9.84. The van der Waals surface area contributed by atoms with Crippen molar-refractivity contribution < 1.29 is 38.2 Å². The molecule has 2 aromatic carbocycles. The van der Waals surface area contributed by atoms with Crippen LogP contribution in [0.4, 0.5) is 11.4 Å². The van der Waals surface area contributed by atoms with Crippen molar-refractivity contribution in [2.75, 3.05) is 76.8 Å². The number of hydrogen-bond donors (Lipinski definition) is 0. The van der Waals surface area contributed by atoms with Crippen LogP contribution in [0.3, 0.4) is 0 Å². The summed E-state index contributed by atoms with van der Waals surface area (Å²) in [6, 6.07) is 21.0. The molecule has 13 nitrogen and oxygen atoms in total. The first-order chi connectivity index (χ1) is 26.0. The summed E-state index contributed by atoms with van der Waals surface area (Å²) in [7, 11) is 4.11. The number of methoxy groups -OCH3 is 3. The van der Waals surface area contributed by atoms with Crippen molar-refractivity contribution in [1.82, 2.24) is 9.80 Å². The highest BCUT2D eigenvalue weighted by Crippen LogP contribution is 2.36. The molecule has 0 radical (unpaired) electrons. The molecular weight excluding hydrogens is 749 g/mol. The summed E-state index contributed by atoms with van der Waals surface area (Å²) >= 11 is 4.64. The van der Waals surface area contributed by atoms with E-state index < -0.39 is 17.0 Å². The van der Waals surface area contributed by atoms with Crippen LogP contribution in [-0.2, 0) is 38.2 Å². The molecule has 2 heterocycles. The summed E-state index contributed by atoms with van der Waals surface area (Å²) < 4.78 is 14.5. The lowest BCUT2D eigenvalue weighted by Gasteiger charge is -2.46. The van der Waals surface area contributed by atoms with Gasteiger partial charge in [-0.05, 0) is 49.9 Å². The highest BCUT2D eigenvalue weighted by Gasteiger charge is 2.50. The third-order valence-corrected chi connectivity index (χ3v) is 9.85. The van der Waals surface area contributed by atoms with E-state index in [1.165, 1.54) is 27.7 Å². The molecular formula is C40H57Cl2N5O8. The van der Waals surface area contributed by atoms with Crippen molar-refractivity contribution in [3.05, 3.63) is 60.7 Å². The van der Waals surface area contributed by atoms with Gasteiger partial charge in [-0.15, -0.1) is 24.0 Å². The Morgan fingerprint density at radius 1 is 0.673 bits per heavy atom. The third kappa shape index (κ3) is 13.2. The minimum atomic E-state index is -1.04. The number of carbonyl (C=O) groups excluding carboxylic acids is 5. The maximum atomic E-state index is 12.8. The van der Waals surface area contributed by atoms with E-state index in [-0.39, 0.29) is 36.2 Å². The van der Waals surface area contributed by atoms with Crippen LogP contribution in [0, 0.1) is 11.3 Å². The van der Waals surface area contributed by atoms with Crippen molar-refractivity contribution in [2.45, 2.75) is 76.3 Å². The van der Waals surface area contributed by atoms with Gasteiger partial charge in [-0.3, -0.25) is 29.0 Å². The summed E-state index contributed by atoms with van der Waals surface area (Å²) in [5.74, 6) is -1.05. The number of esters is 3. The number of halogens is 2. The maximum Gasteiger partial charge on any atom is 0.332 e. The van der Waals surface area contributed by atoms with Gasteiger partial charge in [0.2, 0.25) is 11.8 Å².